The molecule has 1 aromatic heterocycles. The monoisotopic (exact) mass is 258 g/mol. The summed E-state index contributed by atoms with van der Waals surface area (Å²) < 4.78 is 5.47. The van der Waals surface area contributed by atoms with Crippen molar-refractivity contribution in [3.63, 3.8) is 0 Å². The highest BCUT2D eigenvalue weighted by atomic mass is 16.5. The van der Waals surface area contributed by atoms with Gasteiger partial charge in [-0.25, -0.2) is 15.4 Å². The smallest absolute Gasteiger partial charge is 0.124 e. The highest BCUT2D eigenvalue weighted by molar-refractivity contribution is 5.47. The molecule has 2 aromatic rings. The lowest BCUT2D eigenvalue weighted by atomic mass is 9.96. The van der Waals surface area contributed by atoms with E-state index >= 15 is 0 Å². The van der Waals surface area contributed by atoms with E-state index in [0.717, 1.165) is 28.1 Å². The number of aryl methyl sites for hydroxylation is 2. The third-order valence-electron chi connectivity index (χ3n) is 3.07. The Balaban J connectivity index is 2.55. The van der Waals surface area contributed by atoms with E-state index in [9.17, 15) is 0 Å². The maximum absolute atomic E-state index is 5.70. The minimum atomic E-state index is -0.224. The fourth-order valence-corrected chi connectivity index (χ4v) is 2.27. The molecule has 0 saturated carbocycles. The number of methoxy groups -OCH3 is 1. The summed E-state index contributed by atoms with van der Waals surface area (Å²) in [5.41, 5.74) is 6.86. The van der Waals surface area contributed by atoms with Gasteiger partial charge in [-0.05, 0) is 37.1 Å². The number of nitrogens with zero attached hydrogens (tertiary/aromatic N) is 2. The van der Waals surface area contributed by atoms with Gasteiger partial charge in [0.1, 0.15) is 12.1 Å². The third-order valence-corrected chi connectivity index (χ3v) is 3.07. The van der Waals surface area contributed by atoms with Crippen molar-refractivity contribution in [1.29, 1.82) is 0 Å². The Hall–Kier alpha value is -1.98. The molecule has 0 fully saturated rings. The number of ether oxygens (including phenoxy) is 1. The molecule has 0 aliphatic heterocycles. The van der Waals surface area contributed by atoms with E-state index in [1.54, 1.807) is 13.3 Å². The van der Waals surface area contributed by atoms with E-state index in [2.05, 4.69) is 21.5 Å². The summed E-state index contributed by atoms with van der Waals surface area (Å²) in [7, 11) is 1.66. The summed E-state index contributed by atoms with van der Waals surface area (Å²) in [6.45, 7) is 4.07. The van der Waals surface area contributed by atoms with Gasteiger partial charge in [0.15, 0.2) is 0 Å². The summed E-state index contributed by atoms with van der Waals surface area (Å²) in [6, 6.07) is 5.71. The topological polar surface area (TPSA) is 73.1 Å². The highest BCUT2D eigenvalue weighted by Crippen LogP contribution is 2.32. The SMILES string of the molecule is COc1cc(C)cc(C)c1C(NN)c1ccncn1. The van der Waals surface area contributed by atoms with Crippen molar-refractivity contribution >= 4 is 0 Å². The van der Waals surface area contributed by atoms with E-state index in [4.69, 9.17) is 10.6 Å². The summed E-state index contributed by atoms with van der Waals surface area (Å²) in [5, 5.41) is 0. The second-order valence-electron chi connectivity index (χ2n) is 4.43. The summed E-state index contributed by atoms with van der Waals surface area (Å²) in [5.74, 6) is 6.51. The molecule has 1 aromatic carbocycles. The number of nitrogens with two attached hydrogens (primary N) is 1. The Morgan fingerprint density at radius 1 is 1.32 bits per heavy atom. The van der Waals surface area contributed by atoms with Gasteiger partial charge in [0.05, 0.1) is 18.8 Å². The Bertz CT molecular complexity index is 557. The van der Waals surface area contributed by atoms with Crippen molar-refractivity contribution in [1.82, 2.24) is 15.4 Å². The van der Waals surface area contributed by atoms with Gasteiger partial charge in [-0.1, -0.05) is 6.07 Å². The molecule has 5 heteroatoms. The van der Waals surface area contributed by atoms with E-state index in [0.29, 0.717) is 0 Å². The van der Waals surface area contributed by atoms with Gasteiger partial charge in [0, 0.05) is 11.8 Å². The molecule has 0 amide bonds. The quantitative estimate of drug-likeness (QED) is 0.644. The van der Waals surface area contributed by atoms with Crippen LogP contribution in [-0.2, 0) is 0 Å². The number of hydrogen-bond acceptors (Lipinski definition) is 5. The third kappa shape index (κ3) is 2.72. The molecule has 1 heterocycles. The Morgan fingerprint density at radius 3 is 2.68 bits per heavy atom. The van der Waals surface area contributed by atoms with Crippen LogP contribution in [0.25, 0.3) is 0 Å². The average molecular weight is 258 g/mol. The van der Waals surface area contributed by atoms with Crippen LogP contribution in [0.3, 0.4) is 0 Å². The minimum Gasteiger partial charge on any atom is -0.496 e. The van der Waals surface area contributed by atoms with Gasteiger partial charge in [-0.15, -0.1) is 0 Å². The number of hydrazine groups is 1. The van der Waals surface area contributed by atoms with Gasteiger partial charge in [-0.2, -0.15) is 0 Å². The summed E-state index contributed by atoms with van der Waals surface area (Å²) in [4.78, 5) is 8.18. The second-order valence-corrected chi connectivity index (χ2v) is 4.43. The molecule has 3 N–H and O–H groups in total. The second kappa shape index (κ2) is 5.77. The first-order valence-corrected chi connectivity index (χ1v) is 6.04. The molecule has 0 saturated heterocycles. The van der Waals surface area contributed by atoms with Crippen molar-refractivity contribution in [2.75, 3.05) is 7.11 Å². The maximum atomic E-state index is 5.70. The van der Waals surface area contributed by atoms with Crippen LogP contribution in [0.4, 0.5) is 0 Å². The zero-order chi connectivity index (χ0) is 13.8. The van der Waals surface area contributed by atoms with Crippen LogP contribution in [0.1, 0.15) is 28.4 Å². The Labute approximate surface area is 112 Å². The van der Waals surface area contributed by atoms with Crippen molar-refractivity contribution in [2.45, 2.75) is 19.9 Å². The predicted molar refractivity (Wildman–Crippen MR) is 73.7 cm³/mol. The van der Waals surface area contributed by atoms with Gasteiger partial charge in [-0.3, -0.25) is 5.84 Å². The van der Waals surface area contributed by atoms with Crippen LogP contribution in [0.15, 0.2) is 30.7 Å². The van der Waals surface area contributed by atoms with Crippen LogP contribution >= 0.6 is 0 Å². The van der Waals surface area contributed by atoms with Gasteiger partial charge in [0.2, 0.25) is 0 Å². The number of benzene rings is 1. The zero-order valence-corrected chi connectivity index (χ0v) is 11.3. The van der Waals surface area contributed by atoms with Crippen molar-refractivity contribution in [2.24, 2.45) is 5.84 Å². The average Bonchev–Trinajstić information content (AvgIpc) is 2.42. The molecule has 0 aliphatic carbocycles. The fourth-order valence-electron chi connectivity index (χ4n) is 2.27. The molecule has 5 nitrogen and oxygen atoms in total. The molecule has 100 valence electrons. The molecule has 1 unspecified atom stereocenters. The van der Waals surface area contributed by atoms with E-state index in [-0.39, 0.29) is 6.04 Å². The minimum absolute atomic E-state index is 0.224. The van der Waals surface area contributed by atoms with Crippen molar-refractivity contribution in [3.05, 3.63) is 53.1 Å². The normalized spacial score (nSPS) is 12.2. The van der Waals surface area contributed by atoms with Crippen molar-refractivity contribution < 1.29 is 4.74 Å². The van der Waals surface area contributed by atoms with Crippen LogP contribution in [0.2, 0.25) is 0 Å². The van der Waals surface area contributed by atoms with Gasteiger partial charge in [0.25, 0.3) is 0 Å². The van der Waals surface area contributed by atoms with Gasteiger partial charge < -0.3 is 4.74 Å². The Morgan fingerprint density at radius 2 is 2.11 bits per heavy atom. The molecular formula is C14H18N4O. The van der Waals surface area contributed by atoms with Gasteiger partial charge >= 0.3 is 0 Å². The van der Waals surface area contributed by atoms with Crippen LogP contribution < -0.4 is 16.0 Å². The molecule has 0 spiro atoms. The first-order chi connectivity index (χ1) is 9.17. The van der Waals surface area contributed by atoms with E-state index in [1.807, 2.05) is 26.0 Å². The highest BCUT2D eigenvalue weighted by Gasteiger charge is 2.20. The number of rotatable bonds is 4. The largest absolute Gasteiger partial charge is 0.496 e. The lowest BCUT2D eigenvalue weighted by molar-refractivity contribution is 0.402. The van der Waals surface area contributed by atoms with Crippen molar-refractivity contribution in [3.8, 4) is 5.75 Å². The van der Waals surface area contributed by atoms with Crippen LogP contribution in [0, 0.1) is 13.8 Å². The van der Waals surface area contributed by atoms with Crippen LogP contribution in [-0.4, -0.2) is 17.1 Å². The number of nitrogens with one attached hydrogen (secondary N) is 1. The molecule has 0 radical (unpaired) electrons. The zero-order valence-electron chi connectivity index (χ0n) is 11.3. The first kappa shape index (κ1) is 13.5. The first-order valence-electron chi connectivity index (χ1n) is 6.04. The summed E-state index contributed by atoms with van der Waals surface area (Å²) in [6.07, 6.45) is 3.21. The molecule has 2 rings (SSSR count). The molecular weight excluding hydrogens is 240 g/mol. The number of aromatic nitrogens is 2. The molecule has 0 bridgehead atoms. The maximum Gasteiger partial charge on any atom is 0.124 e. The molecule has 0 aliphatic rings. The van der Waals surface area contributed by atoms with E-state index < -0.39 is 0 Å². The predicted octanol–water partition coefficient (Wildman–Crippen LogP) is 1.65. The lowest BCUT2D eigenvalue weighted by Crippen LogP contribution is -2.30. The molecule has 19 heavy (non-hydrogen) atoms. The summed E-state index contributed by atoms with van der Waals surface area (Å²) >= 11 is 0. The van der Waals surface area contributed by atoms with Crippen LogP contribution in [0.5, 0.6) is 5.75 Å². The Kier molecular flexibility index (Phi) is 4.09. The fraction of sp³-hybridized carbons (Fsp3) is 0.286. The molecule has 1 atom stereocenters. The standard InChI is InChI=1S/C14H18N4O/c1-9-6-10(2)13(12(7-9)19-3)14(18-15)11-4-5-16-8-17-11/h4-8,14,18H,15H2,1-3H3. The lowest BCUT2D eigenvalue weighted by Gasteiger charge is -2.21. The number of hydrogen-bond donors (Lipinski definition) is 2. The van der Waals surface area contributed by atoms with E-state index in [1.165, 1.54) is 6.33 Å².